The van der Waals surface area contributed by atoms with Crippen LogP contribution in [0.15, 0.2) is 53.4 Å². The summed E-state index contributed by atoms with van der Waals surface area (Å²) in [6.07, 6.45) is 4.28. The SMILES string of the molecule is O=C(CN(C1CCCCC1)S(=O)(=O)c1ccc(F)cc1)Nc1cccc(Cl)c1. The van der Waals surface area contributed by atoms with Crippen molar-refractivity contribution < 1.29 is 17.6 Å². The molecule has 2 aromatic carbocycles. The van der Waals surface area contributed by atoms with Gasteiger partial charge in [-0.1, -0.05) is 36.9 Å². The molecule has 0 unspecified atom stereocenters. The summed E-state index contributed by atoms with van der Waals surface area (Å²) in [6.45, 7) is -0.309. The Balaban J connectivity index is 1.84. The van der Waals surface area contributed by atoms with E-state index in [1.54, 1.807) is 24.3 Å². The Morgan fingerprint density at radius 1 is 1.11 bits per heavy atom. The molecule has 8 heteroatoms. The fourth-order valence-corrected chi connectivity index (χ4v) is 5.26. The van der Waals surface area contributed by atoms with Crippen molar-refractivity contribution in [2.45, 2.75) is 43.0 Å². The van der Waals surface area contributed by atoms with E-state index in [-0.39, 0.29) is 17.5 Å². The van der Waals surface area contributed by atoms with Crippen molar-refractivity contribution in [1.29, 1.82) is 0 Å². The topological polar surface area (TPSA) is 66.5 Å². The molecule has 1 saturated carbocycles. The number of hydrogen-bond donors (Lipinski definition) is 1. The molecule has 1 aliphatic carbocycles. The lowest BCUT2D eigenvalue weighted by Crippen LogP contribution is -2.45. The molecule has 2 aromatic rings. The van der Waals surface area contributed by atoms with Crippen molar-refractivity contribution >= 4 is 33.2 Å². The minimum absolute atomic E-state index is 0.0185. The van der Waals surface area contributed by atoms with Gasteiger partial charge in [0.15, 0.2) is 0 Å². The molecule has 0 saturated heterocycles. The summed E-state index contributed by atoms with van der Waals surface area (Å²) in [6, 6.07) is 11.1. The standard InChI is InChI=1S/C20H22ClFN2O3S/c21-15-5-4-6-17(13-15)23-20(25)14-24(18-7-2-1-3-8-18)28(26,27)19-11-9-16(22)10-12-19/h4-6,9-13,18H,1-3,7-8,14H2,(H,23,25). The minimum Gasteiger partial charge on any atom is -0.325 e. The van der Waals surface area contributed by atoms with Gasteiger partial charge in [-0.05, 0) is 55.3 Å². The smallest absolute Gasteiger partial charge is 0.243 e. The van der Waals surface area contributed by atoms with Gasteiger partial charge in [0.25, 0.3) is 0 Å². The maximum atomic E-state index is 13.2. The quantitative estimate of drug-likeness (QED) is 0.745. The number of nitrogens with zero attached hydrogens (tertiary/aromatic N) is 1. The molecule has 0 bridgehead atoms. The van der Waals surface area contributed by atoms with Crippen LogP contribution in [0, 0.1) is 5.82 Å². The Labute approximate surface area is 169 Å². The molecule has 0 aromatic heterocycles. The molecule has 3 rings (SSSR count). The number of halogens is 2. The zero-order valence-electron chi connectivity index (χ0n) is 15.3. The normalized spacial score (nSPS) is 15.5. The first-order chi connectivity index (χ1) is 13.4. The van der Waals surface area contributed by atoms with Crippen LogP contribution in [0.3, 0.4) is 0 Å². The molecule has 1 aliphatic rings. The van der Waals surface area contributed by atoms with Crippen LogP contribution in [0.2, 0.25) is 5.02 Å². The number of carbonyl (C=O) groups is 1. The Kier molecular flexibility index (Phi) is 6.69. The van der Waals surface area contributed by atoms with E-state index in [1.165, 1.54) is 16.4 Å². The summed E-state index contributed by atoms with van der Waals surface area (Å²) in [5.41, 5.74) is 0.500. The monoisotopic (exact) mass is 424 g/mol. The van der Waals surface area contributed by atoms with Crippen molar-refractivity contribution in [3.8, 4) is 0 Å². The number of nitrogens with one attached hydrogen (secondary N) is 1. The fraction of sp³-hybridized carbons (Fsp3) is 0.350. The number of anilines is 1. The van der Waals surface area contributed by atoms with Gasteiger partial charge < -0.3 is 5.32 Å². The van der Waals surface area contributed by atoms with E-state index in [4.69, 9.17) is 11.6 Å². The Morgan fingerprint density at radius 2 is 1.79 bits per heavy atom. The van der Waals surface area contributed by atoms with Gasteiger partial charge in [0, 0.05) is 16.8 Å². The van der Waals surface area contributed by atoms with Crippen molar-refractivity contribution in [2.75, 3.05) is 11.9 Å². The molecular formula is C20H22ClFN2O3S. The van der Waals surface area contributed by atoms with E-state index >= 15 is 0 Å². The van der Waals surface area contributed by atoms with Crippen LogP contribution in [0.4, 0.5) is 10.1 Å². The van der Waals surface area contributed by atoms with Crippen LogP contribution in [0.5, 0.6) is 0 Å². The van der Waals surface area contributed by atoms with E-state index in [2.05, 4.69) is 5.32 Å². The zero-order valence-corrected chi connectivity index (χ0v) is 16.8. The summed E-state index contributed by atoms with van der Waals surface area (Å²) in [4.78, 5) is 12.6. The second kappa shape index (κ2) is 9.03. The zero-order chi connectivity index (χ0) is 20.1. The highest BCUT2D eigenvalue weighted by molar-refractivity contribution is 7.89. The molecule has 0 aliphatic heterocycles. The highest BCUT2D eigenvalue weighted by Crippen LogP contribution is 2.28. The predicted octanol–water partition coefficient (Wildman–Crippen LogP) is 4.44. The highest BCUT2D eigenvalue weighted by Gasteiger charge is 2.34. The van der Waals surface area contributed by atoms with E-state index in [9.17, 15) is 17.6 Å². The number of benzene rings is 2. The predicted molar refractivity (Wildman–Crippen MR) is 107 cm³/mol. The summed E-state index contributed by atoms with van der Waals surface area (Å²) < 4.78 is 40.9. The molecule has 0 radical (unpaired) electrons. The molecule has 1 N–H and O–H groups in total. The number of rotatable bonds is 6. The van der Waals surface area contributed by atoms with Gasteiger partial charge in [-0.25, -0.2) is 12.8 Å². The Morgan fingerprint density at radius 3 is 2.43 bits per heavy atom. The average molecular weight is 425 g/mol. The van der Waals surface area contributed by atoms with Gasteiger partial charge in [-0.15, -0.1) is 0 Å². The molecule has 1 fully saturated rings. The van der Waals surface area contributed by atoms with Crippen molar-refractivity contribution in [3.63, 3.8) is 0 Å². The second-order valence-corrected chi connectivity index (χ2v) is 9.18. The first kappa shape index (κ1) is 20.8. The minimum atomic E-state index is -3.93. The number of carbonyl (C=O) groups excluding carboxylic acids is 1. The van der Waals surface area contributed by atoms with Crippen molar-refractivity contribution in [3.05, 3.63) is 59.4 Å². The molecule has 28 heavy (non-hydrogen) atoms. The van der Waals surface area contributed by atoms with Crippen LogP contribution in [-0.2, 0) is 14.8 Å². The van der Waals surface area contributed by atoms with Crippen LogP contribution in [0.1, 0.15) is 32.1 Å². The molecular weight excluding hydrogens is 403 g/mol. The molecule has 5 nitrogen and oxygen atoms in total. The van der Waals surface area contributed by atoms with Gasteiger partial charge in [0.05, 0.1) is 11.4 Å². The average Bonchev–Trinajstić information content (AvgIpc) is 2.67. The molecule has 1 amide bonds. The number of hydrogen-bond acceptors (Lipinski definition) is 3. The first-order valence-corrected chi connectivity index (χ1v) is 11.0. The summed E-state index contributed by atoms with van der Waals surface area (Å²) in [7, 11) is -3.93. The third-order valence-electron chi connectivity index (χ3n) is 4.81. The third-order valence-corrected chi connectivity index (χ3v) is 6.96. The van der Waals surface area contributed by atoms with E-state index < -0.39 is 21.7 Å². The second-order valence-electron chi connectivity index (χ2n) is 6.85. The molecule has 0 heterocycles. The lowest BCUT2D eigenvalue weighted by atomic mass is 9.95. The molecule has 0 atom stereocenters. The highest BCUT2D eigenvalue weighted by atomic mass is 35.5. The fourth-order valence-electron chi connectivity index (χ4n) is 3.43. The molecule has 0 spiro atoms. The Hall–Kier alpha value is -1.96. The van der Waals surface area contributed by atoms with E-state index in [1.807, 2.05) is 0 Å². The maximum Gasteiger partial charge on any atom is 0.243 e. The lowest BCUT2D eigenvalue weighted by molar-refractivity contribution is -0.116. The lowest BCUT2D eigenvalue weighted by Gasteiger charge is -2.33. The van der Waals surface area contributed by atoms with Crippen molar-refractivity contribution in [2.24, 2.45) is 0 Å². The summed E-state index contributed by atoms with van der Waals surface area (Å²) >= 11 is 5.93. The van der Waals surface area contributed by atoms with E-state index in [0.29, 0.717) is 23.6 Å². The maximum absolute atomic E-state index is 13.2. The van der Waals surface area contributed by atoms with Crippen LogP contribution < -0.4 is 5.32 Å². The van der Waals surface area contributed by atoms with Gasteiger partial charge in [-0.2, -0.15) is 4.31 Å². The van der Waals surface area contributed by atoms with Gasteiger partial charge in [0.1, 0.15) is 5.82 Å². The third kappa shape index (κ3) is 5.10. The molecule has 150 valence electrons. The van der Waals surface area contributed by atoms with Crippen molar-refractivity contribution in [1.82, 2.24) is 4.31 Å². The van der Waals surface area contributed by atoms with Crippen LogP contribution in [-0.4, -0.2) is 31.2 Å². The largest absolute Gasteiger partial charge is 0.325 e. The van der Waals surface area contributed by atoms with Gasteiger partial charge >= 0.3 is 0 Å². The number of amides is 1. The first-order valence-electron chi connectivity index (χ1n) is 9.19. The van der Waals surface area contributed by atoms with Crippen LogP contribution in [0.25, 0.3) is 0 Å². The summed E-state index contributed by atoms with van der Waals surface area (Å²) in [5, 5.41) is 3.17. The van der Waals surface area contributed by atoms with Crippen LogP contribution >= 0.6 is 11.6 Å². The van der Waals surface area contributed by atoms with E-state index in [0.717, 1.165) is 31.4 Å². The van der Waals surface area contributed by atoms with Gasteiger partial charge in [-0.3, -0.25) is 4.79 Å². The number of sulfonamides is 1. The van der Waals surface area contributed by atoms with Gasteiger partial charge in [0.2, 0.25) is 15.9 Å². The Bertz CT molecular complexity index is 929. The summed E-state index contributed by atoms with van der Waals surface area (Å²) in [5.74, 6) is -0.958.